The normalized spacial score (nSPS) is 11.4. The molecule has 0 saturated heterocycles. The number of aliphatic imine (C=N–C) groups is 1. The van der Waals surface area contributed by atoms with Gasteiger partial charge in [-0.15, -0.1) is 0 Å². The number of nitro groups is 1. The molecule has 0 aromatic heterocycles. The van der Waals surface area contributed by atoms with Crippen LogP contribution in [-0.4, -0.2) is 17.1 Å². The van der Waals surface area contributed by atoms with Gasteiger partial charge in [-0.2, -0.15) is 0 Å². The molecule has 0 fully saturated rings. The van der Waals surface area contributed by atoms with Gasteiger partial charge in [-0.3, -0.25) is 15.1 Å². The molecule has 13 heavy (non-hydrogen) atoms. The Morgan fingerprint density at radius 2 is 2.00 bits per heavy atom. The molecule has 0 bridgehead atoms. The molecular formula is C8H7ClN2O2. The molecular weight excluding hydrogens is 192 g/mol. The molecule has 1 aromatic carbocycles. The summed E-state index contributed by atoms with van der Waals surface area (Å²) >= 11 is 5.70. The highest BCUT2D eigenvalue weighted by atomic mass is 35.5. The monoisotopic (exact) mass is 198 g/mol. The van der Waals surface area contributed by atoms with Crippen LogP contribution in [0.2, 0.25) is 0 Å². The molecule has 4 nitrogen and oxygen atoms in total. The van der Waals surface area contributed by atoms with Crippen LogP contribution in [-0.2, 0) is 0 Å². The van der Waals surface area contributed by atoms with Gasteiger partial charge in [-0.05, 0) is 12.1 Å². The van der Waals surface area contributed by atoms with Crippen LogP contribution in [0.3, 0.4) is 0 Å². The van der Waals surface area contributed by atoms with Crippen molar-refractivity contribution in [2.45, 2.75) is 0 Å². The van der Waals surface area contributed by atoms with Gasteiger partial charge in [0.1, 0.15) is 5.17 Å². The van der Waals surface area contributed by atoms with Crippen molar-refractivity contribution < 1.29 is 4.92 Å². The van der Waals surface area contributed by atoms with Gasteiger partial charge in [0.2, 0.25) is 0 Å². The SMILES string of the molecule is CN=C(Cl)c1ccc([N+](=O)[O-])cc1. The lowest BCUT2D eigenvalue weighted by Crippen LogP contribution is -1.92. The summed E-state index contributed by atoms with van der Waals surface area (Å²) in [4.78, 5) is 13.6. The minimum Gasteiger partial charge on any atom is -0.276 e. The Balaban J connectivity index is 3.00. The van der Waals surface area contributed by atoms with Crippen molar-refractivity contribution in [1.29, 1.82) is 0 Å². The second kappa shape index (κ2) is 4.00. The van der Waals surface area contributed by atoms with Crippen molar-refractivity contribution in [3.05, 3.63) is 39.9 Å². The van der Waals surface area contributed by atoms with Crippen LogP contribution >= 0.6 is 11.6 Å². The second-order valence-electron chi connectivity index (χ2n) is 2.32. The van der Waals surface area contributed by atoms with Crippen LogP contribution in [0.1, 0.15) is 5.56 Å². The molecule has 5 heteroatoms. The topological polar surface area (TPSA) is 55.5 Å². The lowest BCUT2D eigenvalue weighted by Gasteiger charge is -1.95. The van der Waals surface area contributed by atoms with E-state index in [0.717, 1.165) is 0 Å². The fraction of sp³-hybridized carbons (Fsp3) is 0.125. The van der Waals surface area contributed by atoms with Crippen LogP contribution in [0.5, 0.6) is 0 Å². The third-order valence-corrected chi connectivity index (χ3v) is 1.90. The molecule has 68 valence electrons. The van der Waals surface area contributed by atoms with Crippen LogP contribution in [0, 0.1) is 10.1 Å². The van der Waals surface area contributed by atoms with Gasteiger partial charge in [-0.1, -0.05) is 11.6 Å². The highest BCUT2D eigenvalue weighted by Gasteiger charge is 2.05. The minimum absolute atomic E-state index is 0.0457. The number of rotatable bonds is 2. The summed E-state index contributed by atoms with van der Waals surface area (Å²) in [7, 11) is 1.56. The zero-order valence-electron chi connectivity index (χ0n) is 6.90. The second-order valence-corrected chi connectivity index (χ2v) is 2.68. The Morgan fingerprint density at radius 1 is 1.46 bits per heavy atom. The van der Waals surface area contributed by atoms with E-state index in [9.17, 15) is 10.1 Å². The molecule has 0 N–H and O–H groups in total. The lowest BCUT2D eigenvalue weighted by atomic mass is 10.2. The summed E-state index contributed by atoms with van der Waals surface area (Å²) in [6, 6.07) is 5.91. The van der Waals surface area contributed by atoms with E-state index < -0.39 is 4.92 Å². The standard InChI is InChI=1S/C8H7ClN2O2/c1-10-8(9)6-2-4-7(5-3-6)11(12)13/h2-5H,1H3. The van der Waals surface area contributed by atoms with Gasteiger partial charge >= 0.3 is 0 Å². The van der Waals surface area contributed by atoms with E-state index >= 15 is 0 Å². The summed E-state index contributed by atoms with van der Waals surface area (Å²) in [6.45, 7) is 0. The zero-order valence-corrected chi connectivity index (χ0v) is 7.65. The van der Waals surface area contributed by atoms with Gasteiger partial charge in [-0.25, -0.2) is 0 Å². The first-order chi connectivity index (χ1) is 6.15. The van der Waals surface area contributed by atoms with E-state index in [1.807, 2.05) is 0 Å². The number of nitrogens with zero attached hydrogens (tertiary/aromatic N) is 2. The highest BCUT2D eigenvalue weighted by Crippen LogP contribution is 2.13. The third kappa shape index (κ3) is 2.26. The fourth-order valence-corrected chi connectivity index (χ4v) is 0.976. The first-order valence-electron chi connectivity index (χ1n) is 3.52. The van der Waals surface area contributed by atoms with Gasteiger partial charge < -0.3 is 0 Å². The van der Waals surface area contributed by atoms with Gasteiger partial charge in [0.05, 0.1) is 4.92 Å². The summed E-state index contributed by atoms with van der Waals surface area (Å²) in [6.07, 6.45) is 0. The maximum atomic E-state index is 10.3. The number of benzene rings is 1. The summed E-state index contributed by atoms with van der Waals surface area (Å²) in [5.41, 5.74) is 0.721. The van der Waals surface area contributed by atoms with Crippen molar-refractivity contribution in [1.82, 2.24) is 0 Å². The summed E-state index contributed by atoms with van der Waals surface area (Å²) < 4.78 is 0. The molecule has 0 aliphatic rings. The van der Waals surface area contributed by atoms with Crippen molar-refractivity contribution >= 4 is 22.5 Å². The van der Waals surface area contributed by atoms with E-state index in [1.165, 1.54) is 12.1 Å². The van der Waals surface area contributed by atoms with E-state index in [1.54, 1.807) is 19.2 Å². The average Bonchev–Trinajstić information content (AvgIpc) is 2.17. The quantitative estimate of drug-likeness (QED) is 0.416. The van der Waals surface area contributed by atoms with Crippen molar-refractivity contribution in [2.75, 3.05) is 7.05 Å². The fourth-order valence-electron chi connectivity index (χ4n) is 0.850. The maximum Gasteiger partial charge on any atom is 0.269 e. The molecule has 0 amide bonds. The van der Waals surface area contributed by atoms with Gasteiger partial charge in [0.15, 0.2) is 0 Å². The largest absolute Gasteiger partial charge is 0.276 e. The van der Waals surface area contributed by atoms with E-state index in [4.69, 9.17) is 11.6 Å². The Kier molecular flexibility index (Phi) is 2.97. The number of nitro benzene ring substituents is 1. The Labute approximate surface area is 80.0 Å². The summed E-state index contributed by atoms with van der Waals surface area (Å²) in [5.74, 6) is 0. The molecule has 0 atom stereocenters. The van der Waals surface area contributed by atoms with Gasteiger partial charge in [0.25, 0.3) is 5.69 Å². The van der Waals surface area contributed by atoms with Crippen LogP contribution in [0.4, 0.5) is 5.69 Å². The first kappa shape index (κ1) is 9.67. The highest BCUT2D eigenvalue weighted by molar-refractivity contribution is 6.69. The Bertz CT molecular complexity index is 346. The number of non-ortho nitro benzene ring substituents is 1. The molecule has 1 aromatic rings. The molecule has 0 aliphatic carbocycles. The molecule has 0 spiro atoms. The predicted octanol–water partition coefficient (Wildman–Crippen LogP) is 2.21. The molecule has 0 aliphatic heterocycles. The van der Waals surface area contributed by atoms with Crippen molar-refractivity contribution in [3.63, 3.8) is 0 Å². The van der Waals surface area contributed by atoms with E-state index in [2.05, 4.69) is 4.99 Å². The van der Waals surface area contributed by atoms with Gasteiger partial charge in [0, 0.05) is 24.7 Å². The van der Waals surface area contributed by atoms with Crippen LogP contribution in [0.15, 0.2) is 29.3 Å². The Morgan fingerprint density at radius 3 is 2.38 bits per heavy atom. The van der Waals surface area contributed by atoms with Crippen molar-refractivity contribution in [2.24, 2.45) is 4.99 Å². The lowest BCUT2D eigenvalue weighted by molar-refractivity contribution is -0.384. The minimum atomic E-state index is -0.458. The smallest absolute Gasteiger partial charge is 0.269 e. The average molecular weight is 199 g/mol. The third-order valence-electron chi connectivity index (χ3n) is 1.51. The molecule has 0 unspecified atom stereocenters. The van der Waals surface area contributed by atoms with E-state index in [0.29, 0.717) is 10.7 Å². The number of hydrogen-bond acceptors (Lipinski definition) is 3. The van der Waals surface area contributed by atoms with Crippen LogP contribution < -0.4 is 0 Å². The molecule has 0 heterocycles. The zero-order chi connectivity index (χ0) is 9.84. The predicted molar refractivity (Wildman–Crippen MR) is 51.4 cm³/mol. The molecule has 0 radical (unpaired) electrons. The molecule has 0 saturated carbocycles. The van der Waals surface area contributed by atoms with Crippen LogP contribution in [0.25, 0.3) is 0 Å². The maximum absolute atomic E-state index is 10.3. The van der Waals surface area contributed by atoms with E-state index in [-0.39, 0.29) is 5.69 Å². The number of halogens is 1. The summed E-state index contributed by atoms with van der Waals surface area (Å²) in [5, 5.41) is 10.6. The first-order valence-corrected chi connectivity index (χ1v) is 3.90. The molecule has 1 rings (SSSR count). The van der Waals surface area contributed by atoms with Crippen molar-refractivity contribution in [3.8, 4) is 0 Å². The Hall–Kier alpha value is -1.42. The number of hydrogen-bond donors (Lipinski definition) is 0.